The molecular formula is C12H21NO2S. The summed E-state index contributed by atoms with van der Waals surface area (Å²) in [7, 11) is 1.72. The summed E-state index contributed by atoms with van der Waals surface area (Å²) < 4.78 is 5.25. The van der Waals surface area contributed by atoms with Crippen molar-refractivity contribution in [1.29, 1.82) is 0 Å². The van der Waals surface area contributed by atoms with Gasteiger partial charge in [-0.1, -0.05) is 6.92 Å². The van der Waals surface area contributed by atoms with Crippen molar-refractivity contribution >= 4 is 17.7 Å². The highest BCUT2D eigenvalue weighted by Crippen LogP contribution is 2.35. The van der Waals surface area contributed by atoms with Gasteiger partial charge in [-0.2, -0.15) is 0 Å². The molecule has 0 N–H and O–H groups in total. The molecule has 0 aromatic carbocycles. The highest BCUT2D eigenvalue weighted by Gasteiger charge is 2.38. The Bertz CT molecular complexity index is 257. The second-order valence-electron chi connectivity index (χ2n) is 4.80. The molecule has 2 aliphatic rings. The van der Waals surface area contributed by atoms with Crippen LogP contribution >= 0.6 is 11.8 Å². The minimum Gasteiger partial charge on any atom is -0.383 e. The van der Waals surface area contributed by atoms with Gasteiger partial charge in [-0.05, 0) is 31.4 Å². The maximum Gasteiger partial charge on any atom is 0.226 e. The maximum absolute atomic E-state index is 12.3. The molecule has 16 heavy (non-hydrogen) atoms. The largest absolute Gasteiger partial charge is 0.383 e. The monoisotopic (exact) mass is 243 g/mol. The summed E-state index contributed by atoms with van der Waals surface area (Å²) in [4.78, 5) is 14.4. The minimum atomic E-state index is 0.190. The Labute approximate surface area is 102 Å². The first-order chi connectivity index (χ1) is 7.74. The van der Waals surface area contributed by atoms with Gasteiger partial charge >= 0.3 is 0 Å². The van der Waals surface area contributed by atoms with Crippen LogP contribution in [0.1, 0.15) is 32.6 Å². The van der Waals surface area contributed by atoms with Crippen molar-refractivity contribution in [3.8, 4) is 0 Å². The van der Waals surface area contributed by atoms with Crippen molar-refractivity contribution in [3.63, 3.8) is 0 Å². The number of carbonyl (C=O) groups excluding carboxylic acids is 1. The van der Waals surface area contributed by atoms with Crippen LogP contribution in [0.3, 0.4) is 0 Å². The van der Waals surface area contributed by atoms with Crippen molar-refractivity contribution in [2.24, 2.45) is 5.92 Å². The fraction of sp³-hybridized carbons (Fsp3) is 0.917. The molecule has 0 aliphatic carbocycles. The molecule has 0 aromatic rings. The van der Waals surface area contributed by atoms with Crippen LogP contribution in [-0.2, 0) is 9.53 Å². The van der Waals surface area contributed by atoms with Gasteiger partial charge in [-0.3, -0.25) is 4.79 Å². The Morgan fingerprint density at radius 3 is 3.00 bits per heavy atom. The van der Waals surface area contributed by atoms with Crippen LogP contribution in [0.4, 0.5) is 0 Å². The number of thioether (sulfide) groups is 1. The molecule has 0 aromatic heterocycles. The first-order valence-electron chi connectivity index (χ1n) is 6.16. The standard InChI is InChI=1S/C12H21NO2S/c1-9-6-7-16-11-5-3-4-10(8-15-2)13(11)12(9)14/h9-11H,3-8H2,1-2H3/t9-,10-,11-/m0/s1. The molecule has 0 unspecified atom stereocenters. The average molecular weight is 243 g/mol. The molecule has 2 fully saturated rings. The van der Waals surface area contributed by atoms with E-state index in [4.69, 9.17) is 4.74 Å². The maximum atomic E-state index is 12.3. The van der Waals surface area contributed by atoms with Gasteiger partial charge in [0, 0.05) is 13.0 Å². The third kappa shape index (κ3) is 2.38. The van der Waals surface area contributed by atoms with Gasteiger partial charge in [0.1, 0.15) is 0 Å². The Balaban J connectivity index is 2.15. The molecule has 0 radical (unpaired) electrons. The van der Waals surface area contributed by atoms with E-state index < -0.39 is 0 Å². The average Bonchev–Trinajstić information content (AvgIpc) is 2.41. The number of nitrogens with zero attached hydrogens (tertiary/aromatic N) is 1. The van der Waals surface area contributed by atoms with E-state index in [2.05, 4.69) is 11.8 Å². The second kappa shape index (κ2) is 5.41. The van der Waals surface area contributed by atoms with Gasteiger partial charge in [0.15, 0.2) is 0 Å². The molecule has 0 bridgehead atoms. The molecule has 92 valence electrons. The lowest BCUT2D eigenvalue weighted by Crippen LogP contribution is -2.51. The van der Waals surface area contributed by atoms with Crippen LogP contribution in [0.25, 0.3) is 0 Å². The number of fused-ring (bicyclic) bond motifs is 1. The molecule has 2 saturated heterocycles. The summed E-state index contributed by atoms with van der Waals surface area (Å²) in [5, 5.41) is 0.409. The molecule has 2 aliphatic heterocycles. The summed E-state index contributed by atoms with van der Waals surface area (Å²) >= 11 is 1.95. The van der Waals surface area contributed by atoms with Gasteiger partial charge in [-0.25, -0.2) is 0 Å². The number of methoxy groups -OCH3 is 1. The zero-order chi connectivity index (χ0) is 11.5. The van der Waals surface area contributed by atoms with Gasteiger partial charge < -0.3 is 9.64 Å². The lowest BCUT2D eigenvalue weighted by molar-refractivity contribution is -0.140. The first-order valence-corrected chi connectivity index (χ1v) is 7.21. The smallest absolute Gasteiger partial charge is 0.226 e. The fourth-order valence-corrected chi connectivity index (χ4v) is 4.17. The number of amides is 1. The van der Waals surface area contributed by atoms with E-state index >= 15 is 0 Å². The number of hydrogen-bond acceptors (Lipinski definition) is 3. The third-order valence-corrected chi connectivity index (χ3v) is 4.91. The van der Waals surface area contributed by atoms with Gasteiger partial charge in [0.05, 0.1) is 18.0 Å². The highest BCUT2D eigenvalue weighted by molar-refractivity contribution is 7.99. The summed E-state index contributed by atoms with van der Waals surface area (Å²) in [6.45, 7) is 2.75. The van der Waals surface area contributed by atoms with Gasteiger partial charge in [-0.15, -0.1) is 11.8 Å². The van der Waals surface area contributed by atoms with Crippen LogP contribution in [0.15, 0.2) is 0 Å². The Hall–Kier alpha value is -0.220. The topological polar surface area (TPSA) is 29.5 Å². The fourth-order valence-electron chi connectivity index (χ4n) is 2.64. The number of hydrogen-bond donors (Lipinski definition) is 0. The molecule has 0 spiro atoms. The van der Waals surface area contributed by atoms with E-state index in [0.717, 1.165) is 25.0 Å². The molecule has 4 heteroatoms. The van der Waals surface area contributed by atoms with Crippen molar-refractivity contribution in [2.45, 2.75) is 44.0 Å². The van der Waals surface area contributed by atoms with Crippen LogP contribution in [0.2, 0.25) is 0 Å². The van der Waals surface area contributed by atoms with E-state index in [1.54, 1.807) is 7.11 Å². The van der Waals surface area contributed by atoms with E-state index in [-0.39, 0.29) is 5.92 Å². The van der Waals surface area contributed by atoms with Crippen molar-refractivity contribution < 1.29 is 9.53 Å². The molecule has 3 nitrogen and oxygen atoms in total. The van der Waals surface area contributed by atoms with Crippen LogP contribution in [0.5, 0.6) is 0 Å². The zero-order valence-electron chi connectivity index (χ0n) is 10.1. The Morgan fingerprint density at radius 2 is 2.25 bits per heavy atom. The molecule has 2 heterocycles. The minimum absolute atomic E-state index is 0.190. The predicted molar refractivity (Wildman–Crippen MR) is 66.4 cm³/mol. The van der Waals surface area contributed by atoms with Gasteiger partial charge in [0.25, 0.3) is 0 Å². The summed E-state index contributed by atoms with van der Waals surface area (Å²) in [6.07, 6.45) is 4.51. The number of piperidine rings is 1. The van der Waals surface area contributed by atoms with E-state index in [0.29, 0.717) is 23.9 Å². The van der Waals surface area contributed by atoms with E-state index in [1.165, 1.54) is 6.42 Å². The van der Waals surface area contributed by atoms with Crippen molar-refractivity contribution in [3.05, 3.63) is 0 Å². The van der Waals surface area contributed by atoms with Crippen LogP contribution in [-0.4, -0.2) is 41.7 Å². The summed E-state index contributed by atoms with van der Waals surface area (Å²) in [6, 6.07) is 0.310. The molecular weight excluding hydrogens is 222 g/mol. The normalized spacial score (nSPS) is 35.8. The SMILES string of the molecule is COC[C@@H]1CCC[C@@H]2SCC[C@H](C)C(=O)N12. The van der Waals surface area contributed by atoms with E-state index in [9.17, 15) is 4.79 Å². The molecule has 2 rings (SSSR count). The molecule has 1 amide bonds. The van der Waals surface area contributed by atoms with Crippen LogP contribution in [0, 0.1) is 5.92 Å². The quantitative estimate of drug-likeness (QED) is 0.744. The van der Waals surface area contributed by atoms with Gasteiger partial charge in [0.2, 0.25) is 5.91 Å². The number of carbonyl (C=O) groups is 1. The molecule has 3 atom stereocenters. The lowest BCUT2D eigenvalue weighted by atomic mass is 9.99. The van der Waals surface area contributed by atoms with Crippen LogP contribution < -0.4 is 0 Å². The lowest BCUT2D eigenvalue weighted by Gasteiger charge is -2.41. The summed E-state index contributed by atoms with van der Waals surface area (Å²) in [5.74, 6) is 1.65. The predicted octanol–water partition coefficient (Wildman–Crippen LogP) is 2.11. The Kier molecular flexibility index (Phi) is 4.14. The van der Waals surface area contributed by atoms with Crippen molar-refractivity contribution in [2.75, 3.05) is 19.5 Å². The number of ether oxygens (including phenoxy) is 1. The molecule has 0 saturated carbocycles. The zero-order valence-corrected chi connectivity index (χ0v) is 11.0. The third-order valence-electron chi connectivity index (χ3n) is 3.59. The summed E-state index contributed by atoms with van der Waals surface area (Å²) in [5.41, 5.74) is 0. The van der Waals surface area contributed by atoms with Crippen molar-refractivity contribution in [1.82, 2.24) is 4.90 Å². The first kappa shape index (κ1) is 12.2. The van der Waals surface area contributed by atoms with E-state index in [1.807, 2.05) is 11.8 Å². The number of rotatable bonds is 2. The second-order valence-corrected chi connectivity index (χ2v) is 6.09. The highest BCUT2D eigenvalue weighted by atomic mass is 32.2. The Morgan fingerprint density at radius 1 is 1.44 bits per heavy atom.